The predicted molar refractivity (Wildman–Crippen MR) is 72.9 cm³/mol. The van der Waals surface area contributed by atoms with E-state index in [-0.39, 0.29) is 5.56 Å². The van der Waals surface area contributed by atoms with Crippen LogP contribution in [-0.4, -0.2) is 11.1 Å². The fourth-order valence-corrected chi connectivity index (χ4v) is 1.84. The first-order valence-corrected chi connectivity index (χ1v) is 5.81. The molecule has 0 aliphatic heterocycles. The third-order valence-corrected chi connectivity index (χ3v) is 2.86. The first-order valence-electron chi connectivity index (χ1n) is 5.43. The molecule has 2 aromatic rings. The SMILES string of the molecule is Cc1ccccc1Nc1cc(Cl)ccc1C(=O)O. The summed E-state index contributed by atoms with van der Waals surface area (Å²) in [6.07, 6.45) is 0. The summed E-state index contributed by atoms with van der Waals surface area (Å²) in [5.41, 5.74) is 2.59. The van der Waals surface area contributed by atoms with Crippen molar-refractivity contribution in [1.82, 2.24) is 0 Å². The summed E-state index contributed by atoms with van der Waals surface area (Å²) in [5.74, 6) is -0.984. The highest BCUT2D eigenvalue weighted by Crippen LogP contribution is 2.26. The van der Waals surface area contributed by atoms with Crippen molar-refractivity contribution in [2.24, 2.45) is 0 Å². The average molecular weight is 262 g/mol. The molecule has 0 saturated heterocycles. The van der Waals surface area contributed by atoms with Crippen LogP contribution in [0.4, 0.5) is 11.4 Å². The van der Waals surface area contributed by atoms with E-state index in [9.17, 15) is 4.79 Å². The minimum atomic E-state index is -0.984. The smallest absolute Gasteiger partial charge is 0.337 e. The van der Waals surface area contributed by atoms with Crippen LogP contribution in [0.5, 0.6) is 0 Å². The maximum atomic E-state index is 11.1. The number of hydrogen-bond donors (Lipinski definition) is 2. The van der Waals surface area contributed by atoms with Crippen LogP contribution >= 0.6 is 11.6 Å². The number of aryl methyl sites for hydroxylation is 1. The lowest BCUT2D eigenvalue weighted by Crippen LogP contribution is -2.03. The minimum absolute atomic E-state index is 0.197. The summed E-state index contributed by atoms with van der Waals surface area (Å²) in [6.45, 7) is 1.95. The van der Waals surface area contributed by atoms with Gasteiger partial charge in [-0.15, -0.1) is 0 Å². The Morgan fingerprint density at radius 3 is 2.56 bits per heavy atom. The van der Waals surface area contributed by atoms with Gasteiger partial charge in [-0.05, 0) is 36.8 Å². The number of halogens is 1. The monoisotopic (exact) mass is 261 g/mol. The predicted octanol–water partition coefficient (Wildman–Crippen LogP) is 4.09. The van der Waals surface area contributed by atoms with Crippen LogP contribution < -0.4 is 5.32 Å². The fraction of sp³-hybridized carbons (Fsp3) is 0.0714. The summed E-state index contributed by atoms with van der Waals surface area (Å²) in [6, 6.07) is 12.3. The topological polar surface area (TPSA) is 49.3 Å². The van der Waals surface area contributed by atoms with Gasteiger partial charge in [0.05, 0.1) is 11.3 Å². The van der Waals surface area contributed by atoms with Gasteiger partial charge < -0.3 is 10.4 Å². The average Bonchev–Trinajstić information content (AvgIpc) is 2.32. The number of carboxylic acids is 1. The van der Waals surface area contributed by atoms with Gasteiger partial charge in [-0.3, -0.25) is 0 Å². The molecule has 0 bridgehead atoms. The van der Waals surface area contributed by atoms with Crippen LogP contribution in [0.2, 0.25) is 5.02 Å². The number of benzene rings is 2. The van der Waals surface area contributed by atoms with Crippen molar-refractivity contribution in [3.05, 3.63) is 58.6 Å². The first kappa shape index (κ1) is 12.5. The number of hydrogen-bond acceptors (Lipinski definition) is 2. The van der Waals surface area contributed by atoms with E-state index >= 15 is 0 Å². The molecule has 0 fully saturated rings. The Bertz CT molecular complexity index is 596. The lowest BCUT2D eigenvalue weighted by molar-refractivity contribution is 0.0698. The molecule has 0 aromatic heterocycles. The van der Waals surface area contributed by atoms with Gasteiger partial charge in [0, 0.05) is 10.7 Å². The van der Waals surface area contributed by atoms with Crippen LogP contribution in [0.25, 0.3) is 0 Å². The van der Waals surface area contributed by atoms with Crippen molar-refractivity contribution in [3.63, 3.8) is 0 Å². The van der Waals surface area contributed by atoms with E-state index in [0.717, 1.165) is 11.3 Å². The van der Waals surface area contributed by atoms with E-state index in [1.54, 1.807) is 12.1 Å². The molecule has 3 nitrogen and oxygen atoms in total. The number of carboxylic acid groups (broad SMARTS) is 1. The number of anilines is 2. The molecule has 0 aliphatic carbocycles. The molecule has 0 spiro atoms. The van der Waals surface area contributed by atoms with Gasteiger partial charge in [-0.25, -0.2) is 4.79 Å². The van der Waals surface area contributed by atoms with E-state index in [4.69, 9.17) is 16.7 Å². The van der Waals surface area contributed by atoms with Gasteiger partial charge in [0.2, 0.25) is 0 Å². The third-order valence-electron chi connectivity index (χ3n) is 2.63. The second kappa shape index (κ2) is 5.10. The van der Waals surface area contributed by atoms with Crippen LogP contribution in [0, 0.1) is 6.92 Å². The van der Waals surface area contributed by atoms with Gasteiger partial charge in [-0.1, -0.05) is 29.8 Å². The van der Waals surface area contributed by atoms with Crippen molar-refractivity contribution in [1.29, 1.82) is 0 Å². The van der Waals surface area contributed by atoms with Crippen LogP contribution in [0.15, 0.2) is 42.5 Å². The summed E-state index contributed by atoms with van der Waals surface area (Å²) in [5, 5.41) is 12.7. The molecule has 0 saturated carbocycles. The maximum Gasteiger partial charge on any atom is 0.337 e. The van der Waals surface area contributed by atoms with E-state index < -0.39 is 5.97 Å². The van der Waals surface area contributed by atoms with E-state index in [0.29, 0.717) is 10.7 Å². The normalized spacial score (nSPS) is 10.1. The van der Waals surface area contributed by atoms with Crippen molar-refractivity contribution in [2.75, 3.05) is 5.32 Å². The zero-order chi connectivity index (χ0) is 13.1. The minimum Gasteiger partial charge on any atom is -0.478 e. The number of carbonyl (C=O) groups is 1. The highest BCUT2D eigenvalue weighted by Gasteiger charge is 2.11. The standard InChI is InChI=1S/C14H12ClNO2/c1-9-4-2-3-5-12(9)16-13-8-10(15)6-7-11(13)14(17)18/h2-8,16H,1H3,(H,17,18). The largest absolute Gasteiger partial charge is 0.478 e. The highest BCUT2D eigenvalue weighted by atomic mass is 35.5. The molecule has 0 radical (unpaired) electrons. The Hall–Kier alpha value is -2.00. The van der Waals surface area contributed by atoms with Crippen molar-refractivity contribution in [3.8, 4) is 0 Å². The quantitative estimate of drug-likeness (QED) is 0.875. The highest BCUT2D eigenvalue weighted by molar-refractivity contribution is 6.31. The Labute approximate surface area is 110 Å². The van der Waals surface area contributed by atoms with Crippen LogP contribution in [0.3, 0.4) is 0 Å². The molecular weight excluding hydrogens is 250 g/mol. The molecule has 92 valence electrons. The molecule has 4 heteroatoms. The molecule has 18 heavy (non-hydrogen) atoms. The Balaban J connectivity index is 2.42. The summed E-state index contributed by atoms with van der Waals surface area (Å²) >= 11 is 5.89. The molecule has 0 unspecified atom stereocenters. The van der Waals surface area contributed by atoms with Crippen LogP contribution in [-0.2, 0) is 0 Å². The molecule has 0 heterocycles. The van der Waals surface area contributed by atoms with Gasteiger partial charge in [0.25, 0.3) is 0 Å². The zero-order valence-corrected chi connectivity index (χ0v) is 10.5. The lowest BCUT2D eigenvalue weighted by atomic mass is 10.1. The Morgan fingerprint density at radius 2 is 1.89 bits per heavy atom. The van der Waals surface area contributed by atoms with E-state index in [1.165, 1.54) is 6.07 Å². The maximum absolute atomic E-state index is 11.1. The van der Waals surface area contributed by atoms with Crippen molar-refractivity contribution < 1.29 is 9.90 Å². The molecule has 2 aromatic carbocycles. The molecule has 0 amide bonds. The number of rotatable bonds is 3. The molecular formula is C14H12ClNO2. The number of nitrogens with one attached hydrogen (secondary N) is 1. The number of aromatic carboxylic acids is 1. The Morgan fingerprint density at radius 1 is 1.17 bits per heavy atom. The second-order valence-electron chi connectivity index (χ2n) is 3.93. The van der Waals surface area contributed by atoms with E-state index in [1.807, 2.05) is 31.2 Å². The third kappa shape index (κ3) is 2.63. The number of para-hydroxylation sites is 1. The zero-order valence-electron chi connectivity index (χ0n) is 9.77. The molecule has 2 N–H and O–H groups in total. The van der Waals surface area contributed by atoms with Crippen molar-refractivity contribution >= 4 is 28.9 Å². The van der Waals surface area contributed by atoms with Gasteiger partial charge >= 0.3 is 5.97 Å². The molecule has 0 aliphatic rings. The van der Waals surface area contributed by atoms with Crippen molar-refractivity contribution in [2.45, 2.75) is 6.92 Å². The molecule has 2 rings (SSSR count). The van der Waals surface area contributed by atoms with Gasteiger partial charge in [0.15, 0.2) is 0 Å². The van der Waals surface area contributed by atoms with Gasteiger partial charge in [0.1, 0.15) is 0 Å². The van der Waals surface area contributed by atoms with Crippen LogP contribution in [0.1, 0.15) is 15.9 Å². The second-order valence-corrected chi connectivity index (χ2v) is 4.37. The summed E-state index contributed by atoms with van der Waals surface area (Å²) in [7, 11) is 0. The molecule has 0 atom stereocenters. The lowest BCUT2D eigenvalue weighted by Gasteiger charge is -2.12. The summed E-state index contributed by atoms with van der Waals surface area (Å²) < 4.78 is 0. The Kier molecular flexibility index (Phi) is 3.53. The van der Waals surface area contributed by atoms with Gasteiger partial charge in [-0.2, -0.15) is 0 Å². The first-order chi connectivity index (χ1) is 8.58. The van der Waals surface area contributed by atoms with E-state index in [2.05, 4.69) is 5.32 Å². The summed E-state index contributed by atoms with van der Waals surface area (Å²) in [4.78, 5) is 11.1. The fourth-order valence-electron chi connectivity index (χ4n) is 1.66.